The van der Waals surface area contributed by atoms with Crippen molar-refractivity contribution < 1.29 is 0 Å². The van der Waals surface area contributed by atoms with Gasteiger partial charge in [0.1, 0.15) is 0 Å². The molecule has 0 unspecified atom stereocenters. The molecule has 4 heteroatoms. The van der Waals surface area contributed by atoms with Gasteiger partial charge in [-0.1, -0.05) is 18.2 Å². The van der Waals surface area contributed by atoms with Crippen LogP contribution in [0.3, 0.4) is 0 Å². The monoisotopic (exact) mass is 287 g/mol. The Kier molecular flexibility index (Phi) is 4.21. The van der Waals surface area contributed by atoms with Crippen LogP contribution in [0.5, 0.6) is 0 Å². The van der Waals surface area contributed by atoms with E-state index in [1.807, 2.05) is 6.20 Å². The minimum atomic E-state index is 0.930. The Hall–Kier alpha value is -1.55. The van der Waals surface area contributed by atoms with Gasteiger partial charge in [-0.05, 0) is 37.8 Å². The summed E-state index contributed by atoms with van der Waals surface area (Å²) in [5.41, 5.74) is 2.89. The Balaban J connectivity index is 1.79. The van der Waals surface area contributed by atoms with Crippen molar-refractivity contribution in [2.24, 2.45) is 0 Å². The summed E-state index contributed by atoms with van der Waals surface area (Å²) < 4.78 is 0. The number of hydrogen-bond acceptors (Lipinski definition) is 4. The number of rotatable bonds is 4. The van der Waals surface area contributed by atoms with Crippen molar-refractivity contribution in [3.63, 3.8) is 0 Å². The van der Waals surface area contributed by atoms with Crippen LogP contribution < -0.4 is 10.2 Å². The van der Waals surface area contributed by atoms with Crippen LogP contribution in [0.1, 0.15) is 30.2 Å². The second-order valence-electron chi connectivity index (χ2n) is 5.17. The van der Waals surface area contributed by atoms with Crippen LogP contribution in [-0.2, 0) is 13.0 Å². The Morgan fingerprint density at radius 2 is 2.20 bits per heavy atom. The third kappa shape index (κ3) is 2.96. The van der Waals surface area contributed by atoms with Gasteiger partial charge in [0.05, 0.1) is 6.54 Å². The molecule has 1 aliphatic heterocycles. The summed E-state index contributed by atoms with van der Waals surface area (Å²) in [4.78, 5) is 8.27. The molecular weight excluding hydrogens is 266 g/mol. The number of para-hydroxylation sites is 1. The molecule has 0 amide bonds. The molecule has 0 bridgehead atoms. The fourth-order valence-electron chi connectivity index (χ4n) is 2.74. The van der Waals surface area contributed by atoms with E-state index in [2.05, 4.69) is 46.4 Å². The van der Waals surface area contributed by atoms with Crippen LogP contribution in [-0.4, -0.2) is 18.1 Å². The summed E-state index contributed by atoms with van der Waals surface area (Å²) in [5.74, 6) is 0. The Morgan fingerprint density at radius 1 is 1.30 bits per heavy atom. The van der Waals surface area contributed by atoms with E-state index in [9.17, 15) is 0 Å². The fraction of sp³-hybridized carbons (Fsp3) is 0.438. The van der Waals surface area contributed by atoms with Gasteiger partial charge in [-0.25, -0.2) is 4.98 Å². The third-order valence-electron chi connectivity index (χ3n) is 3.68. The first-order valence-corrected chi connectivity index (χ1v) is 8.20. The molecule has 1 aromatic heterocycles. The van der Waals surface area contributed by atoms with Gasteiger partial charge in [-0.15, -0.1) is 11.3 Å². The van der Waals surface area contributed by atoms with E-state index >= 15 is 0 Å². The maximum atomic E-state index is 4.43. The van der Waals surface area contributed by atoms with Gasteiger partial charge in [0.15, 0.2) is 5.13 Å². The highest BCUT2D eigenvalue weighted by Gasteiger charge is 2.15. The van der Waals surface area contributed by atoms with Crippen LogP contribution in [0.2, 0.25) is 0 Å². The molecule has 0 spiro atoms. The number of nitrogens with zero attached hydrogens (tertiary/aromatic N) is 2. The Bertz CT molecular complexity index is 564. The van der Waals surface area contributed by atoms with Crippen molar-refractivity contribution in [3.05, 3.63) is 40.9 Å². The van der Waals surface area contributed by atoms with Crippen molar-refractivity contribution in [1.29, 1.82) is 0 Å². The lowest BCUT2D eigenvalue weighted by Gasteiger charge is -2.24. The maximum absolute atomic E-state index is 4.43. The van der Waals surface area contributed by atoms with Crippen molar-refractivity contribution in [2.75, 3.05) is 23.3 Å². The van der Waals surface area contributed by atoms with Crippen LogP contribution in [0.15, 0.2) is 30.5 Å². The lowest BCUT2D eigenvalue weighted by Crippen LogP contribution is -2.22. The molecule has 0 atom stereocenters. The number of aryl methyl sites for hydroxylation is 1. The third-order valence-corrected chi connectivity index (χ3v) is 4.62. The number of thiazole rings is 1. The zero-order valence-corrected chi connectivity index (χ0v) is 12.7. The number of nitrogens with one attached hydrogen (secondary N) is 1. The summed E-state index contributed by atoms with van der Waals surface area (Å²) in [7, 11) is 0. The van der Waals surface area contributed by atoms with Crippen LogP contribution >= 0.6 is 11.3 Å². The molecule has 2 heterocycles. The average Bonchev–Trinajstić information content (AvgIpc) is 2.80. The number of aromatic nitrogens is 1. The number of anilines is 2. The van der Waals surface area contributed by atoms with E-state index in [0.717, 1.165) is 24.8 Å². The minimum absolute atomic E-state index is 0.930. The predicted octanol–water partition coefficient (Wildman–Crippen LogP) is 3.92. The molecule has 0 radical (unpaired) electrons. The molecule has 106 valence electrons. The number of hydrogen-bond donors (Lipinski definition) is 1. The molecule has 3 rings (SSSR count). The van der Waals surface area contributed by atoms with E-state index in [0.29, 0.717) is 0 Å². The lowest BCUT2D eigenvalue weighted by molar-refractivity contribution is 0.717. The maximum Gasteiger partial charge on any atom is 0.182 e. The van der Waals surface area contributed by atoms with E-state index in [1.165, 1.54) is 35.4 Å². The van der Waals surface area contributed by atoms with Crippen LogP contribution in [0.4, 0.5) is 10.8 Å². The minimum Gasteiger partial charge on any atom is -0.366 e. The van der Waals surface area contributed by atoms with Gasteiger partial charge in [0, 0.05) is 29.9 Å². The molecule has 1 aliphatic rings. The summed E-state index contributed by atoms with van der Waals surface area (Å²) in [6.45, 7) is 5.15. The highest BCUT2D eigenvalue weighted by Crippen LogP contribution is 2.29. The zero-order chi connectivity index (χ0) is 13.8. The number of benzene rings is 1. The zero-order valence-electron chi connectivity index (χ0n) is 11.9. The lowest BCUT2D eigenvalue weighted by atomic mass is 10.1. The second kappa shape index (κ2) is 6.27. The average molecular weight is 287 g/mol. The predicted molar refractivity (Wildman–Crippen MR) is 86.7 cm³/mol. The quantitative estimate of drug-likeness (QED) is 0.924. The molecule has 20 heavy (non-hydrogen) atoms. The van der Waals surface area contributed by atoms with E-state index in [-0.39, 0.29) is 0 Å². The van der Waals surface area contributed by atoms with Gasteiger partial charge < -0.3 is 10.2 Å². The smallest absolute Gasteiger partial charge is 0.182 e. The second-order valence-corrected chi connectivity index (χ2v) is 6.28. The van der Waals surface area contributed by atoms with Crippen LogP contribution in [0, 0.1) is 0 Å². The summed E-state index contributed by atoms with van der Waals surface area (Å²) in [6.07, 6.45) is 5.78. The molecule has 0 fully saturated rings. The van der Waals surface area contributed by atoms with Gasteiger partial charge in [-0.2, -0.15) is 0 Å². The molecule has 0 aliphatic carbocycles. The first-order chi connectivity index (χ1) is 9.86. The van der Waals surface area contributed by atoms with Crippen molar-refractivity contribution >= 4 is 22.2 Å². The Labute approximate surface area is 124 Å². The highest BCUT2D eigenvalue weighted by molar-refractivity contribution is 7.15. The number of fused-ring (bicyclic) bond motifs is 1. The van der Waals surface area contributed by atoms with Crippen molar-refractivity contribution in [3.8, 4) is 0 Å². The molecule has 2 aromatic rings. The molecular formula is C16H21N3S. The summed E-state index contributed by atoms with van der Waals surface area (Å²) >= 11 is 1.77. The van der Waals surface area contributed by atoms with Gasteiger partial charge in [0.2, 0.25) is 0 Å². The first-order valence-electron chi connectivity index (χ1n) is 7.38. The normalized spacial score (nSPS) is 14.8. The topological polar surface area (TPSA) is 28.2 Å². The van der Waals surface area contributed by atoms with Crippen LogP contribution in [0.25, 0.3) is 0 Å². The van der Waals surface area contributed by atoms with E-state index in [4.69, 9.17) is 0 Å². The molecule has 0 saturated carbocycles. The van der Waals surface area contributed by atoms with Gasteiger partial charge in [-0.3, -0.25) is 0 Å². The van der Waals surface area contributed by atoms with E-state index < -0.39 is 0 Å². The fourth-order valence-corrected chi connectivity index (χ4v) is 3.63. The standard InChI is InChI=1S/C16H21N3S/c1-2-17-16-18-11-14(20-16)12-19-10-6-5-8-13-7-3-4-9-15(13)19/h3-4,7,9,11H,2,5-6,8,10,12H2,1H3,(H,17,18). The largest absolute Gasteiger partial charge is 0.366 e. The molecule has 1 aromatic carbocycles. The first kappa shape index (κ1) is 13.4. The van der Waals surface area contributed by atoms with Gasteiger partial charge in [0.25, 0.3) is 0 Å². The SMILES string of the molecule is CCNc1ncc(CN2CCCCc3ccccc32)s1. The summed E-state index contributed by atoms with van der Waals surface area (Å²) in [6, 6.07) is 8.82. The Morgan fingerprint density at radius 3 is 3.10 bits per heavy atom. The van der Waals surface area contributed by atoms with Crippen molar-refractivity contribution in [2.45, 2.75) is 32.7 Å². The van der Waals surface area contributed by atoms with E-state index in [1.54, 1.807) is 11.3 Å². The van der Waals surface area contributed by atoms with Gasteiger partial charge >= 0.3 is 0 Å². The van der Waals surface area contributed by atoms with Crippen molar-refractivity contribution in [1.82, 2.24) is 4.98 Å². The summed E-state index contributed by atoms with van der Waals surface area (Å²) in [5, 5.41) is 4.32. The molecule has 0 saturated heterocycles. The highest BCUT2D eigenvalue weighted by atomic mass is 32.1. The molecule has 3 nitrogen and oxygen atoms in total. The molecule has 1 N–H and O–H groups in total.